The van der Waals surface area contributed by atoms with Crippen LogP contribution >= 0.6 is 0 Å². The van der Waals surface area contributed by atoms with Gasteiger partial charge in [-0.05, 0) is 79.5 Å². The summed E-state index contributed by atoms with van der Waals surface area (Å²) in [4.78, 5) is 42.2. The highest BCUT2D eigenvalue weighted by molar-refractivity contribution is 6.10. The van der Waals surface area contributed by atoms with E-state index in [1.54, 1.807) is 18.3 Å². The van der Waals surface area contributed by atoms with Crippen molar-refractivity contribution in [3.05, 3.63) is 47.4 Å². The summed E-state index contributed by atoms with van der Waals surface area (Å²) in [5.41, 5.74) is 2.09. The monoisotopic (exact) mass is 560 g/mol. The van der Waals surface area contributed by atoms with E-state index in [9.17, 15) is 9.59 Å². The molecule has 5 rings (SSSR count). The fourth-order valence-corrected chi connectivity index (χ4v) is 5.58. The van der Waals surface area contributed by atoms with Crippen LogP contribution in [0.1, 0.15) is 89.0 Å². The lowest BCUT2D eigenvalue weighted by Gasteiger charge is -2.29. The molecule has 1 saturated heterocycles. The van der Waals surface area contributed by atoms with Crippen molar-refractivity contribution in [1.29, 1.82) is 0 Å². The summed E-state index contributed by atoms with van der Waals surface area (Å²) < 4.78 is 7.54. The zero-order valence-electron chi connectivity index (χ0n) is 25.2. The Morgan fingerprint density at radius 1 is 1.12 bits per heavy atom. The van der Waals surface area contributed by atoms with Gasteiger partial charge in [0.2, 0.25) is 0 Å². The summed E-state index contributed by atoms with van der Waals surface area (Å²) in [7, 11) is 1.69. The number of nitrogens with zero attached hydrogens (tertiary/aromatic N) is 8. The van der Waals surface area contributed by atoms with Gasteiger partial charge in [0.15, 0.2) is 5.82 Å². The van der Waals surface area contributed by atoms with Gasteiger partial charge < -0.3 is 19.1 Å². The first kappa shape index (κ1) is 28.5. The Hall–Kier alpha value is -4.02. The number of hydrogen-bond donors (Lipinski definition) is 0. The Labute approximate surface area is 241 Å². The zero-order chi connectivity index (χ0) is 29.6. The van der Waals surface area contributed by atoms with E-state index < -0.39 is 11.7 Å². The first-order chi connectivity index (χ1) is 19.3. The van der Waals surface area contributed by atoms with E-state index in [1.165, 1.54) is 4.90 Å². The minimum Gasteiger partial charge on any atom is -0.444 e. The van der Waals surface area contributed by atoms with Crippen molar-refractivity contribution in [1.82, 2.24) is 29.6 Å². The van der Waals surface area contributed by atoms with Gasteiger partial charge in [0, 0.05) is 30.7 Å². The van der Waals surface area contributed by atoms with Crippen LogP contribution in [-0.4, -0.2) is 66.4 Å². The SMILES string of the molecule is CC(C)n1cnnc1-c1cccc(N2Cc3c(cc(N4[C@H](C)CC[C@H]4C)nc3CN(C)C(=O)OC(C)(C)C)C2=O)n1. The Bertz CT molecular complexity index is 1450. The van der Waals surface area contributed by atoms with Crippen molar-refractivity contribution in [3.8, 4) is 11.5 Å². The molecule has 0 radical (unpaired) electrons. The molecule has 41 heavy (non-hydrogen) atoms. The highest BCUT2D eigenvalue weighted by Gasteiger charge is 2.36. The van der Waals surface area contributed by atoms with Crippen molar-refractivity contribution in [3.63, 3.8) is 0 Å². The third-order valence-corrected chi connectivity index (χ3v) is 7.67. The van der Waals surface area contributed by atoms with Crippen molar-refractivity contribution >= 4 is 23.6 Å². The second kappa shape index (κ2) is 10.8. The molecule has 0 spiro atoms. The van der Waals surface area contributed by atoms with Gasteiger partial charge >= 0.3 is 6.09 Å². The maximum absolute atomic E-state index is 14.0. The van der Waals surface area contributed by atoms with Gasteiger partial charge in [0.1, 0.15) is 29.3 Å². The largest absolute Gasteiger partial charge is 0.444 e. The summed E-state index contributed by atoms with van der Waals surface area (Å²) >= 11 is 0. The van der Waals surface area contributed by atoms with E-state index in [1.807, 2.05) is 49.6 Å². The summed E-state index contributed by atoms with van der Waals surface area (Å²) in [5, 5.41) is 8.34. The number of hydrogen-bond acceptors (Lipinski definition) is 8. The molecule has 11 nitrogen and oxygen atoms in total. The van der Waals surface area contributed by atoms with Crippen LogP contribution in [-0.2, 0) is 17.8 Å². The number of carbonyl (C=O) groups is 2. The molecule has 2 amide bonds. The summed E-state index contributed by atoms with van der Waals surface area (Å²) in [6, 6.07) is 8.25. The lowest BCUT2D eigenvalue weighted by molar-refractivity contribution is 0.0282. The van der Waals surface area contributed by atoms with E-state index >= 15 is 0 Å². The van der Waals surface area contributed by atoms with Crippen LogP contribution in [0.3, 0.4) is 0 Å². The van der Waals surface area contributed by atoms with Gasteiger partial charge in [0.25, 0.3) is 5.91 Å². The molecule has 2 aliphatic rings. The normalized spacial score (nSPS) is 18.8. The van der Waals surface area contributed by atoms with E-state index in [-0.39, 0.29) is 18.5 Å². The molecule has 0 aromatic carbocycles. The number of fused-ring (bicyclic) bond motifs is 1. The predicted molar refractivity (Wildman–Crippen MR) is 157 cm³/mol. The standard InChI is InChI=1S/C30H40N8O3/c1-18(2)37-17-31-34-27(37)23-10-9-11-25(32-23)36-15-22-21(28(36)39)14-26(38-19(3)12-13-20(38)4)33-24(22)16-35(8)29(40)41-30(5,6)7/h9-11,14,17-20H,12-13,15-16H2,1-8H3/t19-,20-/m1/s1. The summed E-state index contributed by atoms with van der Waals surface area (Å²) in [5.74, 6) is 1.79. The van der Waals surface area contributed by atoms with Gasteiger partial charge in [-0.2, -0.15) is 0 Å². The van der Waals surface area contributed by atoms with Gasteiger partial charge in [-0.25, -0.2) is 14.8 Å². The lowest BCUT2D eigenvalue weighted by Crippen LogP contribution is -2.35. The van der Waals surface area contributed by atoms with Gasteiger partial charge in [-0.1, -0.05) is 6.07 Å². The van der Waals surface area contributed by atoms with Crippen LogP contribution in [0.5, 0.6) is 0 Å². The third kappa shape index (κ3) is 5.62. The minimum absolute atomic E-state index is 0.140. The summed E-state index contributed by atoms with van der Waals surface area (Å²) in [6.45, 7) is 14.5. The zero-order valence-corrected chi connectivity index (χ0v) is 25.2. The number of aromatic nitrogens is 5. The highest BCUT2D eigenvalue weighted by atomic mass is 16.6. The highest BCUT2D eigenvalue weighted by Crippen LogP contribution is 2.36. The van der Waals surface area contributed by atoms with Crippen molar-refractivity contribution < 1.29 is 14.3 Å². The maximum atomic E-state index is 14.0. The first-order valence-electron chi connectivity index (χ1n) is 14.3. The predicted octanol–water partition coefficient (Wildman–Crippen LogP) is 5.22. The Morgan fingerprint density at radius 2 is 1.83 bits per heavy atom. The second-order valence-electron chi connectivity index (χ2n) is 12.4. The van der Waals surface area contributed by atoms with E-state index in [4.69, 9.17) is 14.7 Å². The molecule has 0 aliphatic carbocycles. The molecule has 0 saturated carbocycles. The molecule has 11 heteroatoms. The maximum Gasteiger partial charge on any atom is 0.410 e. The second-order valence-corrected chi connectivity index (χ2v) is 12.4. The molecule has 2 atom stereocenters. The molecule has 1 fully saturated rings. The van der Waals surface area contributed by atoms with Crippen LogP contribution in [0.2, 0.25) is 0 Å². The Morgan fingerprint density at radius 3 is 2.49 bits per heavy atom. The van der Waals surface area contributed by atoms with Crippen LogP contribution in [0, 0.1) is 0 Å². The average Bonchev–Trinajstić information content (AvgIpc) is 3.61. The Kier molecular flexibility index (Phi) is 7.48. The molecule has 218 valence electrons. The number of carbonyl (C=O) groups excluding carboxylic acids is 2. The third-order valence-electron chi connectivity index (χ3n) is 7.67. The quantitative estimate of drug-likeness (QED) is 0.404. The van der Waals surface area contributed by atoms with Crippen LogP contribution in [0.15, 0.2) is 30.6 Å². The molecule has 5 heterocycles. The topological polar surface area (TPSA) is 110 Å². The molecule has 0 bridgehead atoms. The first-order valence-corrected chi connectivity index (χ1v) is 14.3. The van der Waals surface area contributed by atoms with Gasteiger partial charge in [0.05, 0.1) is 24.3 Å². The van der Waals surface area contributed by atoms with Crippen LogP contribution in [0.25, 0.3) is 11.5 Å². The number of pyridine rings is 2. The van der Waals surface area contributed by atoms with Gasteiger partial charge in [-0.3, -0.25) is 9.69 Å². The van der Waals surface area contributed by atoms with Crippen LogP contribution < -0.4 is 9.80 Å². The van der Waals surface area contributed by atoms with Crippen LogP contribution in [0.4, 0.5) is 16.4 Å². The molecular formula is C30H40N8O3. The Balaban J connectivity index is 1.52. The van der Waals surface area contributed by atoms with E-state index in [0.29, 0.717) is 47.2 Å². The van der Waals surface area contributed by atoms with E-state index in [2.05, 4.69) is 42.8 Å². The molecular weight excluding hydrogens is 520 g/mol. The molecule has 0 N–H and O–H groups in total. The number of anilines is 2. The van der Waals surface area contributed by atoms with Crippen molar-refractivity contribution in [2.24, 2.45) is 0 Å². The molecule has 3 aromatic heterocycles. The number of amides is 2. The fraction of sp³-hybridized carbons (Fsp3) is 0.533. The van der Waals surface area contributed by atoms with Gasteiger partial charge in [-0.15, -0.1) is 10.2 Å². The van der Waals surface area contributed by atoms with Crippen molar-refractivity contribution in [2.75, 3.05) is 16.8 Å². The lowest BCUT2D eigenvalue weighted by atomic mass is 10.1. The van der Waals surface area contributed by atoms with Crippen molar-refractivity contribution in [2.45, 2.75) is 98.1 Å². The average molecular weight is 561 g/mol. The number of rotatable bonds is 6. The molecule has 2 aliphatic heterocycles. The van der Waals surface area contributed by atoms with E-state index in [0.717, 1.165) is 24.2 Å². The summed E-state index contributed by atoms with van der Waals surface area (Å²) in [6.07, 6.45) is 3.37. The fourth-order valence-electron chi connectivity index (χ4n) is 5.58. The number of ether oxygens (including phenoxy) is 1. The molecule has 0 unspecified atom stereocenters. The smallest absolute Gasteiger partial charge is 0.410 e. The molecule has 3 aromatic rings. The minimum atomic E-state index is -0.619.